The Morgan fingerprint density at radius 2 is 1.60 bits per heavy atom. The summed E-state index contributed by atoms with van der Waals surface area (Å²) in [5.41, 5.74) is 8.42. The number of imide groups is 1. The number of aryl methyl sites for hydroxylation is 1. The predicted octanol–water partition coefficient (Wildman–Crippen LogP) is 5.19. The predicted molar refractivity (Wildman–Crippen MR) is 296 cm³/mol. The Kier molecular flexibility index (Phi) is 20.2. The molecular weight excluding hydrogens is 1060 g/mol. The highest BCUT2D eigenvalue weighted by Gasteiger charge is 2.57. The van der Waals surface area contributed by atoms with Crippen molar-refractivity contribution in [3.63, 3.8) is 0 Å². The Morgan fingerprint density at radius 3 is 2.29 bits per heavy atom. The van der Waals surface area contributed by atoms with Crippen LogP contribution in [0.3, 0.4) is 0 Å². The maximum Gasteiger partial charge on any atom is 0.410 e. The zero-order chi connectivity index (χ0) is 58.6. The fourth-order valence-corrected chi connectivity index (χ4v) is 11.1. The summed E-state index contributed by atoms with van der Waals surface area (Å²) in [7, 11) is 0. The highest BCUT2D eigenvalue weighted by molar-refractivity contribution is 6.12. The van der Waals surface area contributed by atoms with Gasteiger partial charge in [-0.2, -0.15) is 0 Å². The maximum absolute atomic E-state index is 16.4. The summed E-state index contributed by atoms with van der Waals surface area (Å²) in [6, 6.07) is 15.7. The van der Waals surface area contributed by atoms with Crippen LogP contribution in [0.2, 0.25) is 0 Å². The first-order chi connectivity index (χ1) is 39.4. The van der Waals surface area contributed by atoms with Crippen molar-refractivity contribution < 1.29 is 61.7 Å². The highest BCUT2D eigenvalue weighted by Crippen LogP contribution is 2.43. The first-order valence-corrected chi connectivity index (χ1v) is 27.9. The van der Waals surface area contributed by atoms with E-state index in [9.17, 15) is 43.5 Å². The van der Waals surface area contributed by atoms with Gasteiger partial charge in [0, 0.05) is 81.3 Å². The first-order valence-electron chi connectivity index (χ1n) is 27.9. The van der Waals surface area contributed by atoms with Crippen LogP contribution < -0.4 is 27.0 Å². The summed E-state index contributed by atoms with van der Waals surface area (Å²) in [6.45, 7) is 5.94. The maximum atomic E-state index is 16.4. The molecular formula is C59H72F2N10O11. The number of carbonyl (C=O) groups excluding carboxylic acids is 8. The van der Waals surface area contributed by atoms with E-state index in [1.807, 2.05) is 41.8 Å². The summed E-state index contributed by atoms with van der Waals surface area (Å²) in [5, 5.41) is 22.6. The van der Waals surface area contributed by atoms with Gasteiger partial charge in [-0.15, -0.1) is 0 Å². The number of hydrogen-bond acceptors (Lipinski definition) is 12. The molecule has 3 aromatic carbocycles. The van der Waals surface area contributed by atoms with Gasteiger partial charge in [0.05, 0.1) is 24.3 Å². The number of carbonyl (C=O) groups is 8. The molecule has 1 aromatic heterocycles. The zero-order valence-electron chi connectivity index (χ0n) is 46.3. The standard InChI is InChI=1S/C59H72F2N10O11/c1-35(2)50(67-47(72)14-8-5-9-26-69-48(73)21-22-49(69)74)56(77)66-45(13-10-25-63-58(62)79)55(76)64-40-18-16-38(17-19-40)34-82-59(80)71-32-44(61)42-31-70(57(78)53(75)52(42)71)51(39-23-27-81-28-24-39)54-65-46(41-29-36(3)15-20-43(41)60)33-68(54)30-37-11-6-4-7-12-37/h4,6-7,11-12,15-22,29,33,35,39,42,44-45,50-53,75H,5,8-10,13-14,23-28,30-32,34H2,1-3H3,(H,64,76)(H,66,77)(H,67,72)(H3,62,63,79)/t42-,44-,45-,50-,51+,52?,53-/m0/s1. The number of halogens is 2. The third kappa shape index (κ3) is 14.9. The Hall–Kier alpha value is -8.05. The molecule has 0 saturated carbocycles. The van der Waals surface area contributed by atoms with Crippen molar-refractivity contribution in [1.82, 2.24) is 40.2 Å². The topological polar surface area (TPSA) is 277 Å². The molecule has 23 heteroatoms. The molecule has 4 aliphatic heterocycles. The highest BCUT2D eigenvalue weighted by atomic mass is 19.1. The van der Waals surface area contributed by atoms with Crippen molar-refractivity contribution in [1.29, 1.82) is 0 Å². The van der Waals surface area contributed by atoms with E-state index in [0.29, 0.717) is 74.6 Å². The van der Waals surface area contributed by atoms with Gasteiger partial charge in [-0.3, -0.25) is 38.6 Å². The number of aliphatic hydroxyl groups is 1. The van der Waals surface area contributed by atoms with E-state index in [1.165, 1.54) is 23.1 Å². The lowest BCUT2D eigenvalue weighted by atomic mass is 9.84. The Balaban J connectivity index is 0.892. The van der Waals surface area contributed by atoms with Crippen LogP contribution in [0.4, 0.5) is 24.1 Å². The van der Waals surface area contributed by atoms with Crippen LogP contribution in [-0.2, 0) is 51.4 Å². The average molecular weight is 1140 g/mol. The van der Waals surface area contributed by atoms with Crippen molar-refractivity contribution in [3.05, 3.63) is 119 Å². The largest absolute Gasteiger partial charge is 0.445 e. The molecule has 0 bridgehead atoms. The van der Waals surface area contributed by atoms with E-state index in [1.54, 1.807) is 56.4 Å². The number of fused-ring (bicyclic) bond motifs is 1. The lowest BCUT2D eigenvalue weighted by Gasteiger charge is -2.46. The van der Waals surface area contributed by atoms with Gasteiger partial charge in [-0.05, 0) is 92.7 Å². The van der Waals surface area contributed by atoms with E-state index < -0.39 is 90.5 Å². The molecule has 3 fully saturated rings. The second-order valence-corrected chi connectivity index (χ2v) is 21.7. The number of piperidine rings is 1. The van der Waals surface area contributed by atoms with E-state index in [-0.39, 0.29) is 74.7 Å². The van der Waals surface area contributed by atoms with Crippen LogP contribution in [0.5, 0.6) is 0 Å². The number of nitrogens with one attached hydrogen (secondary N) is 4. The van der Waals surface area contributed by atoms with E-state index in [2.05, 4.69) is 21.3 Å². The van der Waals surface area contributed by atoms with Gasteiger partial charge in [-0.1, -0.05) is 74.4 Å². The Morgan fingerprint density at radius 1 is 0.878 bits per heavy atom. The van der Waals surface area contributed by atoms with Crippen LogP contribution in [0.25, 0.3) is 11.3 Å². The van der Waals surface area contributed by atoms with Crippen LogP contribution in [0.15, 0.2) is 91.1 Å². The molecule has 1 unspecified atom stereocenters. The third-order valence-electron chi connectivity index (χ3n) is 15.5. The number of likely N-dealkylation sites (tertiary alicyclic amines) is 2. The SMILES string of the molecule is Cc1ccc(F)c(-c2cn(Cc3ccccc3)c([C@@H](C3CCOCC3)N3C[C@@H]4C([C@H](O)C3=O)N(C(=O)OCc3ccc(NC(=O)[C@H](CCCNC(N)=O)NC(=O)[C@@H](NC(=O)CCCCCN5C(=O)C=CC5=O)C(C)C)cc3)C[C@@H]4F)n2)c1. The van der Waals surface area contributed by atoms with E-state index in [0.717, 1.165) is 20.9 Å². The lowest BCUT2D eigenvalue weighted by Crippen LogP contribution is -2.61. The summed E-state index contributed by atoms with van der Waals surface area (Å²) >= 11 is 0. The number of aliphatic hydroxyl groups excluding tert-OH is 1. The van der Waals surface area contributed by atoms with Gasteiger partial charge in [-0.25, -0.2) is 23.4 Å². The van der Waals surface area contributed by atoms with Crippen LogP contribution >= 0.6 is 0 Å². The number of rotatable bonds is 24. The van der Waals surface area contributed by atoms with Crippen LogP contribution in [-0.4, -0.2) is 147 Å². The summed E-state index contributed by atoms with van der Waals surface area (Å²) in [4.78, 5) is 113. The molecule has 4 aliphatic rings. The number of unbranched alkanes of at least 4 members (excludes halogenated alkanes) is 2. The molecule has 0 aliphatic carbocycles. The average Bonchev–Trinajstić information content (AvgIpc) is 4.31. The minimum atomic E-state index is -1.82. The second-order valence-electron chi connectivity index (χ2n) is 21.7. The number of urea groups is 1. The third-order valence-corrected chi connectivity index (χ3v) is 15.5. The van der Waals surface area contributed by atoms with Crippen molar-refractivity contribution in [2.75, 3.05) is 44.7 Å². The van der Waals surface area contributed by atoms with Gasteiger partial charge in [0.25, 0.3) is 17.7 Å². The fourth-order valence-electron chi connectivity index (χ4n) is 11.1. The van der Waals surface area contributed by atoms with Crippen molar-refractivity contribution in [2.45, 2.75) is 122 Å². The van der Waals surface area contributed by atoms with Crippen molar-refractivity contribution in [2.24, 2.45) is 23.5 Å². The van der Waals surface area contributed by atoms with E-state index >= 15 is 8.78 Å². The molecule has 9 amide bonds. The number of aromatic nitrogens is 2. The monoisotopic (exact) mass is 1130 g/mol. The lowest BCUT2D eigenvalue weighted by molar-refractivity contribution is -0.157. The van der Waals surface area contributed by atoms with E-state index in [4.69, 9.17) is 20.2 Å². The molecule has 7 atom stereocenters. The van der Waals surface area contributed by atoms with Crippen molar-refractivity contribution in [3.8, 4) is 11.3 Å². The number of alkyl halides is 1. The summed E-state index contributed by atoms with van der Waals surface area (Å²) < 4.78 is 45.2. The molecule has 0 spiro atoms. The molecule has 7 N–H and O–H groups in total. The quantitative estimate of drug-likeness (QED) is 0.0391. The van der Waals surface area contributed by atoms with Crippen LogP contribution in [0, 0.1) is 30.5 Å². The Bertz CT molecular complexity index is 2970. The number of primary amides is 1. The number of hydrogen-bond donors (Lipinski definition) is 6. The molecule has 3 saturated heterocycles. The minimum absolute atomic E-state index is 0.0763. The van der Waals surface area contributed by atoms with Crippen LogP contribution in [0.1, 0.15) is 93.8 Å². The molecule has 8 rings (SSSR count). The van der Waals surface area contributed by atoms with Gasteiger partial charge < -0.3 is 51.0 Å². The molecule has 4 aromatic rings. The number of anilines is 1. The van der Waals surface area contributed by atoms with Gasteiger partial charge in [0.1, 0.15) is 36.5 Å². The minimum Gasteiger partial charge on any atom is -0.445 e. The number of ether oxygens (including phenoxy) is 2. The smallest absolute Gasteiger partial charge is 0.410 e. The van der Waals surface area contributed by atoms with Gasteiger partial charge in [0.2, 0.25) is 17.7 Å². The summed E-state index contributed by atoms with van der Waals surface area (Å²) in [6.07, 6.45) is 2.76. The number of benzene rings is 3. The number of nitrogens with two attached hydrogens (primary N) is 1. The van der Waals surface area contributed by atoms with Crippen molar-refractivity contribution >= 4 is 53.3 Å². The normalized spacial score (nSPS) is 20.1. The first kappa shape index (κ1) is 60.1. The fraction of sp³-hybridized carbons (Fsp3) is 0.475. The summed E-state index contributed by atoms with van der Waals surface area (Å²) in [5.74, 6) is -4.67. The molecule has 5 heterocycles. The number of amides is 9. The molecule has 438 valence electrons. The molecule has 82 heavy (non-hydrogen) atoms. The number of imidazole rings is 1. The van der Waals surface area contributed by atoms with Gasteiger partial charge in [0.15, 0.2) is 6.10 Å². The molecule has 0 radical (unpaired) electrons. The second kappa shape index (κ2) is 27.6. The Labute approximate surface area is 474 Å². The number of nitrogens with zero attached hydrogens (tertiary/aromatic N) is 5. The van der Waals surface area contributed by atoms with Gasteiger partial charge >= 0.3 is 12.1 Å². The molecule has 21 nitrogen and oxygen atoms in total. The zero-order valence-corrected chi connectivity index (χ0v) is 46.3.